The number of rotatable bonds is 2. The third-order valence-corrected chi connectivity index (χ3v) is 3.45. The fourth-order valence-electron chi connectivity index (χ4n) is 2.51. The fourth-order valence-corrected chi connectivity index (χ4v) is 2.51. The van der Waals surface area contributed by atoms with E-state index < -0.39 is 0 Å². The van der Waals surface area contributed by atoms with Gasteiger partial charge in [-0.2, -0.15) is 0 Å². The molecule has 0 saturated carbocycles. The van der Waals surface area contributed by atoms with Gasteiger partial charge in [-0.05, 0) is 35.9 Å². The molecule has 0 unspecified atom stereocenters. The molecule has 2 aromatic rings. The molecule has 3 nitrogen and oxygen atoms in total. The van der Waals surface area contributed by atoms with Gasteiger partial charge in [0.15, 0.2) is 0 Å². The average molecular weight is 227 g/mol. The van der Waals surface area contributed by atoms with E-state index in [-0.39, 0.29) is 0 Å². The number of fused-ring (bicyclic) bond motifs is 1. The van der Waals surface area contributed by atoms with Crippen LogP contribution in [0.2, 0.25) is 0 Å². The molecule has 0 radical (unpaired) electrons. The zero-order valence-electron chi connectivity index (χ0n) is 9.89. The Hall–Kier alpha value is -1.61. The van der Waals surface area contributed by atoms with Crippen LogP contribution in [0.3, 0.4) is 0 Å². The van der Waals surface area contributed by atoms with Crippen molar-refractivity contribution in [2.75, 3.05) is 18.0 Å². The summed E-state index contributed by atoms with van der Waals surface area (Å²) < 4.78 is 0. The Balaban J connectivity index is 2.15. The van der Waals surface area contributed by atoms with Crippen LogP contribution in [0, 0.1) is 0 Å². The lowest BCUT2D eigenvalue weighted by Crippen LogP contribution is -2.19. The Labute approximate surface area is 101 Å². The second-order valence-electron chi connectivity index (χ2n) is 4.59. The van der Waals surface area contributed by atoms with E-state index in [4.69, 9.17) is 5.73 Å². The number of nitrogens with zero attached hydrogens (tertiary/aromatic N) is 2. The van der Waals surface area contributed by atoms with Crippen molar-refractivity contribution in [3.05, 3.63) is 36.0 Å². The normalized spacial score (nSPS) is 15.7. The van der Waals surface area contributed by atoms with Gasteiger partial charge in [0.05, 0.1) is 0 Å². The summed E-state index contributed by atoms with van der Waals surface area (Å²) in [6.07, 6.45) is 4.45. The van der Waals surface area contributed by atoms with Crippen molar-refractivity contribution < 1.29 is 0 Å². The lowest BCUT2D eigenvalue weighted by molar-refractivity contribution is 0.945. The monoisotopic (exact) mass is 227 g/mol. The summed E-state index contributed by atoms with van der Waals surface area (Å²) >= 11 is 0. The fraction of sp³-hybridized carbons (Fsp3) is 0.357. The van der Waals surface area contributed by atoms with E-state index in [9.17, 15) is 0 Å². The van der Waals surface area contributed by atoms with Gasteiger partial charge in [-0.15, -0.1) is 0 Å². The second kappa shape index (κ2) is 4.34. The van der Waals surface area contributed by atoms with Crippen molar-refractivity contribution >= 4 is 16.6 Å². The van der Waals surface area contributed by atoms with E-state index in [2.05, 4.69) is 34.1 Å². The molecule has 1 aromatic carbocycles. The molecule has 88 valence electrons. The van der Waals surface area contributed by atoms with Gasteiger partial charge in [-0.3, -0.25) is 0 Å². The van der Waals surface area contributed by atoms with Crippen LogP contribution in [-0.4, -0.2) is 18.1 Å². The third-order valence-electron chi connectivity index (χ3n) is 3.45. The van der Waals surface area contributed by atoms with Crippen molar-refractivity contribution in [1.82, 2.24) is 4.98 Å². The molecular formula is C14H17N3. The molecule has 0 amide bonds. The van der Waals surface area contributed by atoms with E-state index >= 15 is 0 Å². The van der Waals surface area contributed by atoms with Gasteiger partial charge in [0.25, 0.3) is 0 Å². The van der Waals surface area contributed by atoms with Gasteiger partial charge in [-0.25, -0.2) is 4.98 Å². The first-order chi connectivity index (χ1) is 8.38. The number of nitrogens with two attached hydrogens (primary N) is 1. The first-order valence-electron chi connectivity index (χ1n) is 6.21. The van der Waals surface area contributed by atoms with Crippen molar-refractivity contribution in [2.45, 2.75) is 19.4 Å². The minimum Gasteiger partial charge on any atom is -0.356 e. The van der Waals surface area contributed by atoms with E-state index in [0.717, 1.165) is 18.9 Å². The van der Waals surface area contributed by atoms with Crippen LogP contribution < -0.4 is 10.6 Å². The quantitative estimate of drug-likeness (QED) is 0.856. The topological polar surface area (TPSA) is 42.1 Å². The third kappa shape index (κ3) is 1.87. The Bertz CT molecular complexity index is 530. The maximum absolute atomic E-state index is 5.71. The van der Waals surface area contributed by atoms with Crippen LogP contribution in [0.25, 0.3) is 10.8 Å². The van der Waals surface area contributed by atoms with E-state index in [1.165, 1.54) is 29.2 Å². The van der Waals surface area contributed by atoms with Crippen molar-refractivity contribution in [3.8, 4) is 0 Å². The van der Waals surface area contributed by atoms with Gasteiger partial charge >= 0.3 is 0 Å². The molecule has 2 heterocycles. The molecule has 17 heavy (non-hydrogen) atoms. The first kappa shape index (κ1) is 10.5. The van der Waals surface area contributed by atoms with E-state index in [1.54, 1.807) is 0 Å². The summed E-state index contributed by atoms with van der Waals surface area (Å²) in [4.78, 5) is 6.93. The number of hydrogen-bond donors (Lipinski definition) is 1. The maximum atomic E-state index is 5.71. The van der Waals surface area contributed by atoms with Crippen LogP contribution >= 0.6 is 0 Å². The van der Waals surface area contributed by atoms with Crippen molar-refractivity contribution in [3.63, 3.8) is 0 Å². The molecule has 0 atom stereocenters. The predicted octanol–water partition coefficient (Wildman–Crippen LogP) is 2.29. The van der Waals surface area contributed by atoms with Gasteiger partial charge < -0.3 is 10.6 Å². The van der Waals surface area contributed by atoms with Crippen molar-refractivity contribution in [2.24, 2.45) is 5.73 Å². The number of anilines is 1. The Morgan fingerprint density at radius 2 is 2.00 bits per heavy atom. The smallest absolute Gasteiger partial charge is 0.136 e. The zero-order valence-corrected chi connectivity index (χ0v) is 9.89. The Morgan fingerprint density at radius 1 is 1.18 bits per heavy atom. The molecule has 1 fully saturated rings. The molecule has 0 bridgehead atoms. The molecule has 3 rings (SSSR count). The highest BCUT2D eigenvalue weighted by Gasteiger charge is 2.15. The summed E-state index contributed by atoms with van der Waals surface area (Å²) in [5.74, 6) is 1.12. The summed E-state index contributed by atoms with van der Waals surface area (Å²) in [5, 5.41) is 2.48. The molecule has 3 heteroatoms. The van der Waals surface area contributed by atoms with Gasteiger partial charge in [-0.1, -0.05) is 12.1 Å². The summed E-state index contributed by atoms with van der Waals surface area (Å²) in [6, 6.07) is 8.47. The molecule has 0 aliphatic carbocycles. The van der Waals surface area contributed by atoms with Gasteiger partial charge in [0.2, 0.25) is 0 Å². The number of pyridine rings is 1. The molecular weight excluding hydrogens is 210 g/mol. The molecule has 2 N–H and O–H groups in total. The van der Waals surface area contributed by atoms with Gasteiger partial charge in [0.1, 0.15) is 5.82 Å². The van der Waals surface area contributed by atoms with Crippen LogP contribution in [0.5, 0.6) is 0 Å². The molecule has 1 aliphatic rings. The minimum atomic E-state index is 0.588. The van der Waals surface area contributed by atoms with Crippen LogP contribution in [0.1, 0.15) is 18.4 Å². The van der Waals surface area contributed by atoms with Crippen LogP contribution in [0.15, 0.2) is 30.5 Å². The Kier molecular flexibility index (Phi) is 2.69. The largest absolute Gasteiger partial charge is 0.356 e. The summed E-state index contributed by atoms with van der Waals surface area (Å²) in [6.45, 7) is 2.84. The van der Waals surface area contributed by atoms with Gasteiger partial charge in [0, 0.05) is 31.2 Å². The van der Waals surface area contributed by atoms with E-state index in [1.807, 2.05) is 6.20 Å². The molecule has 1 aliphatic heterocycles. The lowest BCUT2D eigenvalue weighted by atomic mass is 10.1. The lowest BCUT2D eigenvalue weighted by Gasteiger charge is -2.18. The highest BCUT2D eigenvalue weighted by molar-refractivity contribution is 5.92. The molecule has 1 saturated heterocycles. The SMILES string of the molecule is NCc1ccc2ccnc(N3CCCC3)c2c1. The number of hydrogen-bond acceptors (Lipinski definition) is 3. The molecule has 1 aromatic heterocycles. The van der Waals surface area contributed by atoms with Crippen LogP contribution in [0.4, 0.5) is 5.82 Å². The number of benzene rings is 1. The molecule has 0 spiro atoms. The van der Waals surface area contributed by atoms with Crippen molar-refractivity contribution in [1.29, 1.82) is 0 Å². The Morgan fingerprint density at radius 3 is 2.76 bits per heavy atom. The first-order valence-corrected chi connectivity index (χ1v) is 6.21. The summed E-state index contributed by atoms with van der Waals surface area (Å²) in [5.41, 5.74) is 6.88. The number of aromatic nitrogens is 1. The predicted molar refractivity (Wildman–Crippen MR) is 71.1 cm³/mol. The average Bonchev–Trinajstić information content (AvgIpc) is 2.91. The maximum Gasteiger partial charge on any atom is 0.136 e. The second-order valence-corrected chi connectivity index (χ2v) is 4.59. The van der Waals surface area contributed by atoms with E-state index in [0.29, 0.717) is 6.54 Å². The minimum absolute atomic E-state index is 0.588. The summed E-state index contributed by atoms with van der Waals surface area (Å²) in [7, 11) is 0. The highest BCUT2D eigenvalue weighted by Crippen LogP contribution is 2.27. The highest BCUT2D eigenvalue weighted by atomic mass is 15.2. The van der Waals surface area contributed by atoms with Crippen LogP contribution in [-0.2, 0) is 6.54 Å². The zero-order chi connectivity index (χ0) is 11.7. The standard InChI is InChI=1S/C14H17N3/c15-10-11-3-4-12-5-6-16-14(13(12)9-11)17-7-1-2-8-17/h3-6,9H,1-2,7-8,10,15H2.